The molecule has 0 aromatic heterocycles. The lowest BCUT2D eigenvalue weighted by Crippen LogP contribution is -2.67. The third-order valence-corrected chi connectivity index (χ3v) is 5.55. The lowest BCUT2D eigenvalue weighted by molar-refractivity contribution is -0.225. The van der Waals surface area contributed by atoms with Crippen molar-refractivity contribution >= 4 is 0 Å². The lowest BCUT2D eigenvalue weighted by atomic mass is 9.50. The first-order valence-electron chi connectivity index (χ1n) is 7.02. The summed E-state index contributed by atoms with van der Waals surface area (Å²) in [5.41, 5.74) is -1.31. The third kappa shape index (κ3) is 1.60. The van der Waals surface area contributed by atoms with Crippen LogP contribution in [0.4, 0.5) is 0 Å². The van der Waals surface area contributed by atoms with E-state index in [0.717, 1.165) is 12.8 Å². The molecule has 18 heavy (non-hydrogen) atoms. The van der Waals surface area contributed by atoms with Crippen LogP contribution in [-0.2, 0) is 0 Å². The van der Waals surface area contributed by atoms with Gasteiger partial charge in [-0.2, -0.15) is 0 Å². The number of hydrogen-bond acceptors (Lipinski definition) is 3. The molecule has 0 saturated heterocycles. The van der Waals surface area contributed by atoms with Gasteiger partial charge in [-0.1, -0.05) is 27.4 Å². The molecule has 2 saturated carbocycles. The average molecular weight is 254 g/mol. The van der Waals surface area contributed by atoms with Gasteiger partial charge in [-0.25, -0.2) is 0 Å². The normalized spacial score (nSPS) is 49.3. The summed E-state index contributed by atoms with van der Waals surface area (Å²) in [6.07, 6.45) is 1.44. The first-order chi connectivity index (χ1) is 8.25. The molecule has 3 nitrogen and oxygen atoms in total. The van der Waals surface area contributed by atoms with E-state index in [0.29, 0.717) is 24.3 Å². The Morgan fingerprint density at radius 3 is 2.44 bits per heavy atom. The van der Waals surface area contributed by atoms with Gasteiger partial charge in [0.1, 0.15) is 5.60 Å². The number of hydrogen-bond donors (Lipinski definition) is 3. The minimum Gasteiger partial charge on any atom is -0.392 e. The van der Waals surface area contributed by atoms with Crippen molar-refractivity contribution in [3.63, 3.8) is 0 Å². The SMILES string of the molecule is C=C1CC[C@@H](O)[C@]2(C)CCC(C(C)C)[C@@H](O)[C@@]12O. The fourth-order valence-corrected chi connectivity index (χ4v) is 4.01. The van der Waals surface area contributed by atoms with Crippen LogP contribution in [-0.4, -0.2) is 33.1 Å². The van der Waals surface area contributed by atoms with Gasteiger partial charge in [0, 0.05) is 5.41 Å². The van der Waals surface area contributed by atoms with E-state index in [4.69, 9.17) is 0 Å². The average Bonchev–Trinajstić information content (AvgIpc) is 2.30. The molecule has 0 aromatic rings. The van der Waals surface area contributed by atoms with Crippen LogP contribution in [0.2, 0.25) is 0 Å². The van der Waals surface area contributed by atoms with Gasteiger partial charge in [0.15, 0.2) is 0 Å². The second kappa shape index (κ2) is 4.32. The zero-order valence-electron chi connectivity index (χ0n) is 11.7. The summed E-state index contributed by atoms with van der Waals surface area (Å²) in [4.78, 5) is 0. The molecule has 0 aromatic carbocycles. The van der Waals surface area contributed by atoms with E-state index >= 15 is 0 Å². The molecule has 2 aliphatic carbocycles. The number of aliphatic hydroxyl groups is 3. The molecule has 0 heterocycles. The Hall–Kier alpha value is -0.380. The van der Waals surface area contributed by atoms with E-state index in [2.05, 4.69) is 20.4 Å². The van der Waals surface area contributed by atoms with E-state index in [1.54, 1.807) is 0 Å². The summed E-state index contributed by atoms with van der Waals surface area (Å²) in [7, 11) is 0. The maximum atomic E-state index is 11.1. The number of aliphatic hydroxyl groups excluding tert-OH is 2. The van der Waals surface area contributed by atoms with Crippen LogP contribution in [0.3, 0.4) is 0 Å². The van der Waals surface area contributed by atoms with Crippen molar-refractivity contribution in [1.29, 1.82) is 0 Å². The first kappa shape index (κ1) is 14.0. The van der Waals surface area contributed by atoms with Crippen molar-refractivity contribution in [2.75, 3.05) is 0 Å². The highest BCUT2D eigenvalue weighted by Crippen LogP contribution is 2.57. The van der Waals surface area contributed by atoms with E-state index in [1.807, 2.05) is 6.92 Å². The van der Waals surface area contributed by atoms with Crippen LogP contribution >= 0.6 is 0 Å². The van der Waals surface area contributed by atoms with Crippen molar-refractivity contribution in [3.8, 4) is 0 Å². The maximum absolute atomic E-state index is 11.1. The molecule has 0 radical (unpaired) electrons. The monoisotopic (exact) mass is 254 g/mol. The van der Waals surface area contributed by atoms with E-state index in [9.17, 15) is 15.3 Å². The van der Waals surface area contributed by atoms with Gasteiger partial charge >= 0.3 is 0 Å². The smallest absolute Gasteiger partial charge is 0.119 e. The summed E-state index contributed by atoms with van der Waals surface area (Å²) in [6.45, 7) is 10.0. The first-order valence-corrected chi connectivity index (χ1v) is 7.02. The number of rotatable bonds is 1. The minimum atomic E-state index is -1.34. The molecule has 0 aliphatic heterocycles. The van der Waals surface area contributed by atoms with Gasteiger partial charge in [0.05, 0.1) is 12.2 Å². The van der Waals surface area contributed by atoms with Crippen molar-refractivity contribution in [3.05, 3.63) is 12.2 Å². The van der Waals surface area contributed by atoms with Gasteiger partial charge in [-0.3, -0.25) is 0 Å². The molecule has 5 atom stereocenters. The molecule has 2 fully saturated rings. The molecule has 2 aliphatic rings. The summed E-state index contributed by atoms with van der Waals surface area (Å²) in [6, 6.07) is 0. The van der Waals surface area contributed by atoms with E-state index in [1.165, 1.54) is 0 Å². The van der Waals surface area contributed by atoms with Gasteiger partial charge in [0.25, 0.3) is 0 Å². The fraction of sp³-hybridized carbons (Fsp3) is 0.867. The second-order valence-corrected chi connectivity index (χ2v) is 6.73. The lowest BCUT2D eigenvalue weighted by Gasteiger charge is -2.59. The van der Waals surface area contributed by atoms with E-state index < -0.39 is 23.2 Å². The van der Waals surface area contributed by atoms with Gasteiger partial charge in [0.2, 0.25) is 0 Å². The molecule has 0 amide bonds. The zero-order valence-corrected chi connectivity index (χ0v) is 11.7. The maximum Gasteiger partial charge on any atom is 0.119 e. The van der Waals surface area contributed by atoms with Crippen molar-refractivity contribution < 1.29 is 15.3 Å². The standard InChI is InChI=1S/C15H26O3/c1-9(2)11-7-8-14(4)12(16)6-5-10(3)15(14,18)13(11)17/h9,11-13,16-18H,3,5-8H2,1-2,4H3/t11?,12-,13-,14+,15+/m1/s1. The van der Waals surface area contributed by atoms with Crippen LogP contribution in [0.25, 0.3) is 0 Å². The third-order valence-electron chi connectivity index (χ3n) is 5.55. The predicted molar refractivity (Wildman–Crippen MR) is 71.0 cm³/mol. The minimum absolute atomic E-state index is 0.0742. The second-order valence-electron chi connectivity index (χ2n) is 6.73. The van der Waals surface area contributed by atoms with Gasteiger partial charge < -0.3 is 15.3 Å². The number of fused-ring (bicyclic) bond motifs is 1. The Morgan fingerprint density at radius 2 is 1.89 bits per heavy atom. The zero-order chi connectivity index (χ0) is 13.7. The Labute approximate surface area is 110 Å². The van der Waals surface area contributed by atoms with Gasteiger partial charge in [-0.15, -0.1) is 0 Å². The Bertz CT molecular complexity index is 352. The Kier molecular flexibility index (Phi) is 3.37. The van der Waals surface area contributed by atoms with E-state index in [-0.39, 0.29) is 5.92 Å². The summed E-state index contributed by atoms with van der Waals surface area (Å²) < 4.78 is 0. The topological polar surface area (TPSA) is 60.7 Å². The Balaban J connectivity index is 2.43. The molecule has 0 bridgehead atoms. The molecule has 1 unspecified atom stereocenters. The molecule has 3 N–H and O–H groups in total. The molecule has 3 heteroatoms. The van der Waals surface area contributed by atoms with Crippen LogP contribution in [0.5, 0.6) is 0 Å². The highest BCUT2D eigenvalue weighted by molar-refractivity contribution is 5.28. The van der Waals surface area contributed by atoms with Crippen molar-refractivity contribution in [1.82, 2.24) is 0 Å². The quantitative estimate of drug-likeness (QED) is 0.626. The highest BCUT2D eigenvalue weighted by Gasteiger charge is 2.62. The summed E-state index contributed by atoms with van der Waals surface area (Å²) in [5.74, 6) is 0.394. The molecular weight excluding hydrogens is 228 g/mol. The Morgan fingerprint density at radius 1 is 1.28 bits per heavy atom. The van der Waals surface area contributed by atoms with Crippen LogP contribution < -0.4 is 0 Å². The largest absolute Gasteiger partial charge is 0.392 e. The predicted octanol–water partition coefficient (Wildman–Crippen LogP) is 1.86. The summed E-state index contributed by atoms with van der Waals surface area (Å²) >= 11 is 0. The van der Waals surface area contributed by atoms with Crippen LogP contribution in [0.1, 0.15) is 46.5 Å². The van der Waals surface area contributed by atoms with Crippen molar-refractivity contribution in [2.24, 2.45) is 17.3 Å². The highest BCUT2D eigenvalue weighted by atomic mass is 16.3. The van der Waals surface area contributed by atoms with Crippen LogP contribution in [0.15, 0.2) is 12.2 Å². The molecule has 2 rings (SSSR count). The van der Waals surface area contributed by atoms with Crippen molar-refractivity contribution in [2.45, 2.75) is 64.3 Å². The molecular formula is C15H26O3. The fourth-order valence-electron chi connectivity index (χ4n) is 4.01. The van der Waals surface area contributed by atoms with Crippen LogP contribution in [0, 0.1) is 17.3 Å². The van der Waals surface area contributed by atoms with Gasteiger partial charge in [-0.05, 0) is 43.1 Å². The molecule has 0 spiro atoms. The summed E-state index contributed by atoms with van der Waals surface area (Å²) in [5, 5.41) is 32.0. The molecule has 104 valence electrons.